The molecule has 2 saturated heterocycles. The minimum Gasteiger partial charge on any atom is -0.406 e. The zero-order valence-electron chi connectivity index (χ0n) is 21.2. The summed E-state index contributed by atoms with van der Waals surface area (Å²) >= 11 is 0. The second kappa shape index (κ2) is 13.0. The van der Waals surface area contributed by atoms with Gasteiger partial charge in [-0.1, -0.05) is 81.5 Å². The van der Waals surface area contributed by atoms with Gasteiger partial charge in [-0.15, -0.1) is 0 Å². The summed E-state index contributed by atoms with van der Waals surface area (Å²) in [5.41, 5.74) is 2.79. The van der Waals surface area contributed by atoms with E-state index in [4.69, 9.17) is 9.31 Å². The summed E-state index contributed by atoms with van der Waals surface area (Å²) in [6, 6.07) is 16.7. The van der Waals surface area contributed by atoms with Crippen LogP contribution in [-0.4, -0.2) is 43.9 Å². The van der Waals surface area contributed by atoms with E-state index in [9.17, 15) is 0 Å². The van der Waals surface area contributed by atoms with Crippen LogP contribution in [0.5, 0.6) is 0 Å². The van der Waals surface area contributed by atoms with E-state index >= 15 is 0 Å². The molecule has 2 aliphatic heterocycles. The molecule has 2 aliphatic rings. The molecule has 4 rings (SSSR count). The Hall–Kier alpha value is -1.88. The van der Waals surface area contributed by atoms with Crippen molar-refractivity contribution >= 4 is 17.9 Å². The molecule has 4 heteroatoms. The molecule has 0 N–H and O–H groups in total. The molecule has 2 aromatic carbocycles. The molecular weight excluding hydrogens is 393 g/mol. The molecule has 2 aromatic rings. The van der Waals surface area contributed by atoms with Crippen LogP contribution in [0.1, 0.15) is 54.4 Å². The molecule has 2 fully saturated rings. The third kappa shape index (κ3) is 7.62. The number of fused-ring (bicyclic) bond motifs is 1. The van der Waals surface area contributed by atoms with Crippen LogP contribution in [0, 0.1) is 0 Å². The Morgan fingerprint density at radius 2 is 1.56 bits per heavy atom. The largest absolute Gasteiger partial charge is 0.461 e. The lowest BCUT2D eigenvalue weighted by Gasteiger charge is -2.27. The number of likely N-dealkylation sites (N-methyl/N-ethyl adjacent to an activating group) is 1. The topological polar surface area (TPSA) is 21.7 Å². The molecule has 3 nitrogen and oxygen atoms in total. The second-order valence-electron chi connectivity index (χ2n) is 8.87. The van der Waals surface area contributed by atoms with Gasteiger partial charge in [-0.25, -0.2) is 0 Å². The summed E-state index contributed by atoms with van der Waals surface area (Å²) in [5, 5.41) is 2.62. The van der Waals surface area contributed by atoms with Gasteiger partial charge in [-0.05, 0) is 62.6 Å². The van der Waals surface area contributed by atoms with E-state index in [1.165, 1.54) is 21.9 Å². The van der Waals surface area contributed by atoms with E-state index < -0.39 is 0 Å². The lowest BCUT2D eigenvalue weighted by atomic mass is 9.82. The third-order valence-electron chi connectivity index (χ3n) is 6.05. The fourth-order valence-electron chi connectivity index (χ4n) is 3.95. The first-order chi connectivity index (χ1) is 15.4. The zero-order chi connectivity index (χ0) is 23.6. The van der Waals surface area contributed by atoms with Gasteiger partial charge in [-0.2, -0.15) is 0 Å². The summed E-state index contributed by atoms with van der Waals surface area (Å²) in [5.74, 6) is 0. The Bertz CT molecular complexity index is 824. The minimum absolute atomic E-state index is 0.0948. The van der Waals surface area contributed by atoms with Gasteiger partial charge in [-0.3, -0.25) is 0 Å². The van der Waals surface area contributed by atoms with Gasteiger partial charge in [0.2, 0.25) is 0 Å². The van der Waals surface area contributed by atoms with Gasteiger partial charge in [0.15, 0.2) is 0 Å². The molecule has 1 atom stereocenters. The summed E-state index contributed by atoms with van der Waals surface area (Å²) in [6.45, 7) is 14.7. The molecule has 0 saturated carbocycles. The van der Waals surface area contributed by atoms with E-state index in [0.29, 0.717) is 0 Å². The highest BCUT2D eigenvalue weighted by atomic mass is 16.7. The van der Waals surface area contributed by atoms with Crippen LogP contribution >= 0.6 is 0 Å². The highest BCUT2D eigenvalue weighted by molar-refractivity contribution is 6.46. The summed E-state index contributed by atoms with van der Waals surface area (Å²) < 4.78 is 11.9. The lowest BCUT2D eigenvalue weighted by molar-refractivity contribution is 0.0840. The van der Waals surface area contributed by atoms with Gasteiger partial charge >= 0.3 is 7.12 Å². The highest BCUT2D eigenvalue weighted by Crippen LogP contribution is 2.30. The Labute approximate surface area is 196 Å². The van der Waals surface area contributed by atoms with Gasteiger partial charge in [0.25, 0.3) is 0 Å². The third-order valence-corrected chi connectivity index (χ3v) is 6.05. The summed E-state index contributed by atoms with van der Waals surface area (Å²) in [7, 11) is 2.09. The van der Waals surface area contributed by atoms with Crippen molar-refractivity contribution in [2.75, 3.05) is 20.1 Å². The van der Waals surface area contributed by atoms with E-state index in [1.807, 2.05) is 13.8 Å². The van der Waals surface area contributed by atoms with Crippen molar-refractivity contribution in [3.8, 4) is 0 Å². The molecule has 0 radical (unpaired) electrons. The first kappa shape index (κ1) is 26.4. The van der Waals surface area contributed by atoms with E-state index in [2.05, 4.69) is 100 Å². The number of rotatable bonds is 3. The van der Waals surface area contributed by atoms with Crippen molar-refractivity contribution in [1.29, 1.82) is 0 Å². The van der Waals surface area contributed by atoms with Crippen LogP contribution in [-0.2, 0) is 9.31 Å². The van der Waals surface area contributed by atoms with Crippen LogP contribution in [0.25, 0.3) is 10.8 Å². The maximum absolute atomic E-state index is 5.97. The molecule has 1 unspecified atom stereocenters. The summed E-state index contributed by atoms with van der Waals surface area (Å²) in [6.07, 6.45) is 7.95. The molecule has 0 spiro atoms. The Morgan fingerprint density at radius 1 is 1.00 bits per heavy atom. The number of piperidine rings is 1. The molecule has 2 heterocycles. The van der Waals surface area contributed by atoms with Gasteiger partial charge in [0, 0.05) is 19.4 Å². The molecule has 32 heavy (non-hydrogen) atoms. The molecule has 0 bridgehead atoms. The zero-order valence-corrected chi connectivity index (χ0v) is 21.2. The van der Waals surface area contributed by atoms with Gasteiger partial charge in [0.05, 0.1) is 11.7 Å². The number of hydrogen-bond donors (Lipinski definition) is 0. The maximum atomic E-state index is 5.97. The number of allylic oxidation sites excluding steroid dienone is 2. The van der Waals surface area contributed by atoms with Crippen molar-refractivity contribution in [3.63, 3.8) is 0 Å². The van der Waals surface area contributed by atoms with E-state index in [-0.39, 0.29) is 18.8 Å². The number of nitrogens with zero attached hydrogens (tertiary/aromatic N) is 1. The van der Waals surface area contributed by atoms with E-state index in [0.717, 1.165) is 32.3 Å². The van der Waals surface area contributed by atoms with Crippen LogP contribution in [0.2, 0.25) is 6.32 Å². The van der Waals surface area contributed by atoms with Crippen LogP contribution < -0.4 is 0 Å². The average molecular weight is 435 g/mol. The van der Waals surface area contributed by atoms with Gasteiger partial charge in [0.1, 0.15) is 0 Å². The monoisotopic (exact) mass is 435 g/mol. The normalized spacial score (nSPS) is 23.0. The predicted octanol–water partition coefficient (Wildman–Crippen LogP) is 7.15. The van der Waals surface area contributed by atoms with Crippen LogP contribution in [0.15, 0.2) is 71.8 Å². The van der Waals surface area contributed by atoms with Crippen molar-refractivity contribution in [3.05, 3.63) is 71.8 Å². The van der Waals surface area contributed by atoms with Crippen molar-refractivity contribution in [2.24, 2.45) is 0 Å². The highest BCUT2D eigenvalue weighted by Gasteiger charge is 2.42. The first-order valence-corrected chi connectivity index (χ1v) is 12.2. The van der Waals surface area contributed by atoms with Crippen molar-refractivity contribution < 1.29 is 9.31 Å². The van der Waals surface area contributed by atoms with Crippen LogP contribution in [0.4, 0.5) is 0 Å². The Kier molecular flexibility index (Phi) is 10.7. The van der Waals surface area contributed by atoms with E-state index in [1.54, 1.807) is 0 Å². The Balaban J connectivity index is 0.000000251. The predicted molar refractivity (Wildman–Crippen MR) is 140 cm³/mol. The quantitative estimate of drug-likeness (QED) is 0.478. The fraction of sp³-hybridized carbons (Fsp3) is 0.500. The second-order valence-corrected chi connectivity index (χ2v) is 8.87. The average Bonchev–Trinajstić information content (AvgIpc) is 3.07. The molecule has 174 valence electrons. The van der Waals surface area contributed by atoms with Crippen molar-refractivity contribution in [2.45, 2.75) is 72.4 Å². The number of likely N-dealkylation sites (tertiary alicyclic amines) is 1. The summed E-state index contributed by atoms with van der Waals surface area (Å²) in [4.78, 5) is 2.38. The number of benzene rings is 2. The first-order valence-electron chi connectivity index (χ1n) is 12.2. The minimum atomic E-state index is -0.172. The standard InChI is InChI=1S/C16H28BNO2.C10H8.C2H6/c1-6-7-14-9-11-18(5)12-15(14)8-10-17-19-13(2)16(3,4)20-17;1-2-6-10-8-4-3-7-9(10)5-1;1-2/h7-8,13H,6,9-12H2,1-5H3;1-8H;1-2H3/b14-7-,15-8-;;. The van der Waals surface area contributed by atoms with Crippen LogP contribution in [0.3, 0.4) is 0 Å². The SMILES string of the molecule is CC.CC/C=C1/CCN(C)C/C1=C/CB1OC(C)C(C)(C)O1.c1ccc2ccccc2c1. The maximum Gasteiger partial charge on any atom is 0.461 e. The molecular formula is C28H42BNO2. The smallest absolute Gasteiger partial charge is 0.406 e. The molecule has 0 aromatic heterocycles. The van der Waals surface area contributed by atoms with Crippen molar-refractivity contribution in [1.82, 2.24) is 4.90 Å². The molecule has 0 aliphatic carbocycles. The fourth-order valence-corrected chi connectivity index (χ4v) is 3.95. The van der Waals surface area contributed by atoms with Gasteiger partial charge < -0.3 is 14.2 Å². The molecule has 0 amide bonds. The number of hydrogen-bond acceptors (Lipinski definition) is 3. The Morgan fingerprint density at radius 3 is 2.03 bits per heavy atom. The lowest BCUT2D eigenvalue weighted by Crippen LogP contribution is -2.30.